The molecule has 1 saturated heterocycles. The molecule has 0 bridgehead atoms. The van der Waals surface area contributed by atoms with E-state index in [0.717, 1.165) is 38.3 Å². The van der Waals surface area contributed by atoms with Crippen LogP contribution in [0.25, 0.3) is 0 Å². The summed E-state index contributed by atoms with van der Waals surface area (Å²) in [5, 5.41) is 4.25. The molecule has 1 heterocycles. The number of hydrogen-bond acceptors (Lipinski definition) is 4. The van der Waals surface area contributed by atoms with Crippen LogP contribution in [0.2, 0.25) is 0 Å². The fourth-order valence-electron chi connectivity index (χ4n) is 2.64. The number of piperazine rings is 1. The molecule has 120 valence electrons. The maximum atomic E-state index is 5.38. The monoisotopic (exact) mass is 319 g/mol. The summed E-state index contributed by atoms with van der Waals surface area (Å²) in [5.41, 5.74) is 13.0. The Morgan fingerprint density at radius 1 is 1.27 bits per heavy atom. The Kier molecular flexibility index (Phi) is 5.88. The minimum atomic E-state index is 0.179. The molecule has 1 aromatic carbocycles. The second-order valence-corrected chi connectivity index (χ2v) is 6.39. The first kappa shape index (κ1) is 16.9. The zero-order valence-electron chi connectivity index (χ0n) is 13.6. The third-order valence-corrected chi connectivity index (χ3v) is 4.18. The molecular formula is C16H25N5S. The minimum Gasteiger partial charge on any atom is -0.375 e. The zero-order chi connectivity index (χ0) is 16.1. The molecule has 0 atom stereocenters. The molecule has 3 N–H and O–H groups in total. The summed E-state index contributed by atoms with van der Waals surface area (Å²) in [5.74, 6) is 0. The first-order chi connectivity index (χ1) is 10.5. The van der Waals surface area contributed by atoms with Crippen LogP contribution in [-0.4, -0.2) is 54.4 Å². The molecule has 6 heteroatoms. The van der Waals surface area contributed by atoms with E-state index in [-0.39, 0.29) is 5.11 Å². The van der Waals surface area contributed by atoms with Crippen molar-refractivity contribution in [3.63, 3.8) is 0 Å². The number of rotatable bonds is 4. The quantitative estimate of drug-likeness (QED) is 0.496. The number of likely N-dealkylation sites (N-methyl/N-ethyl adjacent to an activating group) is 1. The Labute approximate surface area is 138 Å². The third kappa shape index (κ3) is 4.76. The number of nitrogens with zero attached hydrogens (tertiary/aromatic N) is 3. The molecule has 0 radical (unpaired) electrons. The van der Waals surface area contributed by atoms with Crippen molar-refractivity contribution in [3.05, 3.63) is 34.4 Å². The van der Waals surface area contributed by atoms with Crippen LogP contribution in [0.1, 0.15) is 22.3 Å². The van der Waals surface area contributed by atoms with Gasteiger partial charge in [0.15, 0.2) is 5.11 Å². The molecule has 2 rings (SSSR count). The molecule has 0 aliphatic carbocycles. The molecule has 0 amide bonds. The lowest BCUT2D eigenvalue weighted by atomic mass is 10.00. The summed E-state index contributed by atoms with van der Waals surface area (Å²) in [4.78, 5) is 4.88. The molecule has 0 saturated carbocycles. The van der Waals surface area contributed by atoms with Gasteiger partial charge >= 0.3 is 0 Å². The van der Waals surface area contributed by atoms with Crippen LogP contribution in [0.15, 0.2) is 17.2 Å². The summed E-state index contributed by atoms with van der Waals surface area (Å²) in [7, 11) is 2.18. The molecule has 1 aliphatic rings. The maximum absolute atomic E-state index is 5.38. The second kappa shape index (κ2) is 7.67. The van der Waals surface area contributed by atoms with Crippen molar-refractivity contribution >= 4 is 23.5 Å². The van der Waals surface area contributed by atoms with Crippen LogP contribution in [-0.2, 0) is 6.54 Å². The first-order valence-corrected chi connectivity index (χ1v) is 7.96. The van der Waals surface area contributed by atoms with E-state index in [1.54, 1.807) is 6.21 Å². The number of hydrogen-bond donors (Lipinski definition) is 2. The van der Waals surface area contributed by atoms with Crippen molar-refractivity contribution in [2.24, 2.45) is 10.8 Å². The average Bonchev–Trinajstić information content (AvgIpc) is 2.45. The van der Waals surface area contributed by atoms with Crippen LogP contribution in [0.5, 0.6) is 0 Å². The Balaban J connectivity index is 2.10. The highest BCUT2D eigenvalue weighted by Crippen LogP contribution is 2.17. The van der Waals surface area contributed by atoms with Gasteiger partial charge in [0.25, 0.3) is 0 Å². The molecule has 1 aromatic rings. The van der Waals surface area contributed by atoms with Gasteiger partial charge in [0.05, 0.1) is 6.21 Å². The lowest BCUT2D eigenvalue weighted by Crippen LogP contribution is -2.44. The van der Waals surface area contributed by atoms with Crippen molar-refractivity contribution in [1.29, 1.82) is 0 Å². The summed E-state index contributed by atoms with van der Waals surface area (Å²) in [6.45, 7) is 9.77. The fourth-order valence-corrected chi connectivity index (χ4v) is 2.69. The zero-order valence-corrected chi connectivity index (χ0v) is 14.4. The van der Waals surface area contributed by atoms with Crippen molar-refractivity contribution < 1.29 is 0 Å². The normalized spacial score (nSPS) is 17.0. The number of nitrogens with two attached hydrogens (primary N) is 1. The van der Waals surface area contributed by atoms with E-state index in [1.165, 1.54) is 16.7 Å². The Hall–Kier alpha value is -1.50. The van der Waals surface area contributed by atoms with Gasteiger partial charge < -0.3 is 10.6 Å². The molecule has 0 aromatic heterocycles. The lowest BCUT2D eigenvalue weighted by Gasteiger charge is -2.32. The molecule has 0 unspecified atom stereocenters. The largest absolute Gasteiger partial charge is 0.375 e. The standard InChI is InChI=1S/C16H25N5S/c1-12-8-13(2)15(9-14(12)10-18-19-16(17)22)11-21-6-4-20(3)5-7-21/h8-10H,4-7,11H2,1-3H3,(H3,17,19,22). The maximum Gasteiger partial charge on any atom is 0.184 e. The van der Waals surface area contributed by atoms with Crippen molar-refractivity contribution in [2.45, 2.75) is 20.4 Å². The van der Waals surface area contributed by atoms with E-state index in [0.29, 0.717) is 0 Å². The Morgan fingerprint density at radius 3 is 2.59 bits per heavy atom. The van der Waals surface area contributed by atoms with Gasteiger partial charge in [-0.05, 0) is 61.4 Å². The van der Waals surface area contributed by atoms with Gasteiger partial charge in [0.1, 0.15) is 0 Å². The van der Waals surface area contributed by atoms with Crippen LogP contribution in [0.4, 0.5) is 0 Å². The van der Waals surface area contributed by atoms with E-state index >= 15 is 0 Å². The lowest BCUT2D eigenvalue weighted by molar-refractivity contribution is 0.148. The van der Waals surface area contributed by atoms with Gasteiger partial charge in [-0.1, -0.05) is 6.07 Å². The summed E-state index contributed by atoms with van der Waals surface area (Å²) in [6.07, 6.45) is 1.78. The smallest absolute Gasteiger partial charge is 0.184 e. The second-order valence-electron chi connectivity index (χ2n) is 5.95. The fraction of sp³-hybridized carbons (Fsp3) is 0.500. The third-order valence-electron chi connectivity index (χ3n) is 4.09. The highest BCUT2D eigenvalue weighted by Gasteiger charge is 2.15. The summed E-state index contributed by atoms with van der Waals surface area (Å²) in [6, 6.07) is 4.43. The summed E-state index contributed by atoms with van der Waals surface area (Å²) < 4.78 is 0. The Morgan fingerprint density at radius 2 is 1.95 bits per heavy atom. The number of nitrogens with one attached hydrogen (secondary N) is 1. The first-order valence-electron chi connectivity index (χ1n) is 7.55. The van der Waals surface area contributed by atoms with Gasteiger partial charge in [-0.2, -0.15) is 5.10 Å². The van der Waals surface area contributed by atoms with E-state index in [2.05, 4.69) is 53.4 Å². The number of aryl methyl sites for hydroxylation is 2. The predicted molar refractivity (Wildman–Crippen MR) is 96.2 cm³/mol. The van der Waals surface area contributed by atoms with Crippen LogP contribution in [0, 0.1) is 13.8 Å². The topological polar surface area (TPSA) is 56.9 Å². The van der Waals surface area contributed by atoms with Crippen molar-refractivity contribution in [1.82, 2.24) is 15.2 Å². The molecule has 5 nitrogen and oxygen atoms in total. The van der Waals surface area contributed by atoms with Crippen LogP contribution in [0.3, 0.4) is 0 Å². The average molecular weight is 319 g/mol. The van der Waals surface area contributed by atoms with Crippen LogP contribution < -0.4 is 11.2 Å². The molecule has 1 fully saturated rings. The molecule has 0 spiro atoms. The van der Waals surface area contributed by atoms with Crippen LogP contribution >= 0.6 is 12.2 Å². The van der Waals surface area contributed by atoms with E-state index in [4.69, 9.17) is 18.0 Å². The molecule has 1 aliphatic heterocycles. The Bertz CT molecular complexity index is 562. The molecular weight excluding hydrogens is 294 g/mol. The highest BCUT2D eigenvalue weighted by molar-refractivity contribution is 7.80. The molecule has 22 heavy (non-hydrogen) atoms. The van der Waals surface area contributed by atoms with Gasteiger partial charge in [0.2, 0.25) is 0 Å². The van der Waals surface area contributed by atoms with Gasteiger partial charge in [-0.25, -0.2) is 0 Å². The summed E-state index contributed by atoms with van der Waals surface area (Å²) >= 11 is 4.75. The predicted octanol–water partition coefficient (Wildman–Crippen LogP) is 1.22. The highest BCUT2D eigenvalue weighted by atomic mass is 32.1. The minimum absolute atomic E-state index is 0.179. The number of hydrazone groups is 1. The SMILES string of the molecule is Cc1cc(C)c(CN2CCN(C)CC2)cc1C=NNC(N)=S. The van der Waals surface area contributed by atoms with Crippen molar-refractivity contribution in [2.75, 3.05) is 33.2 Å². The van der Waals surface area contributed by atoms with E-state index < -0.39 is 0 Å². The van der Waals surface area contributed by atoms with Gasteiger partial charge in [-0.15, -0.1) is 0 Å². The van der Waals surface area contributed by atoms with E-state index in [1.807, 2.05) is 0 Å². The number of thiocarbonyl (C=S) groups is 1. The number of benzene rings is 1. The van der Waals surface area contributed by atoms with Gasteiger partial charge in [-0.3, -0.25) is 10.3 Å². The van der Waals surface area contributed by atoms with Crippen molar-refractivity contribution in [3.8, 4) is 0 Å². The van der Waals surface area contributed by atoms with E-state index in [9.17, 15) is 0 Å². The van der Waals surface area contributed by atoms with Gasteiger partial charge in [0, 0.05) is 32.7 Å².